The minimum atomic E-state index is -2.98. The smallest absolute Gasteiger partial charge is 0.224 e. The van der Waals surface area contributed by atoms with E-state index >= 15 is 0 Å². The summed E-state index contributed by atoms with van der Waals surface area (Å²) in [6, 6.07) is 0. The predicted octanol–water partition coefficient (Wildman–Crippen LogP) is 0.627. The fourth-order valence-electron chi connectivity index (χ4n) is 1.97. The minimum Gasteiger partial charge on any atom is -0.356 e. The number of carbonyl (C=O) groups excluding carboxylic acids is 1. The summed E-state index contributed by atoms with van der Waals surface area (Å²) < 4.78 is 22.5. The number of sulfone groups is 1. The Morgan fingerprint density at radius 2 is 2.39 bits per heavy atom. The maximum atomic E-state index is 11.7. The van der Waals surface area contributed by atoms with Crippen molar-refractivity contribution in [3.05, 3.63) is 16.6 Å². The number of hydrogen-bond donors (Lipinski definition) is 1. The van der Waals surface area contributed by atoms with E-state index in [0.29, 0.717) is 13.0 Å². The fraction of sp³-hybridized carbons (Fsp3) is 0.636. The van der Waals surface area contributed by atoms with Crippen LogP contribution in [0.3, 0.4) is 0 Å². The first-order valence-corrected chi connectivity index (χ1v) is 8.63. The van der Waals surface area contributed by atoms with Gasteiger partial charge in [-0.05, 0) is 12.8 Å². The highest BCUT2D eigenvalue weighted by Gasteiger charge is 2.32. The quantitative estimate of drug-likeness (QED) is 0.806. The second-order valence-corrected chi connectivity index (χ2v) is 7.63. The first-order valence-electron chi connectivity index (χ1n) is 5.93. The zero-order valence-electron chi connectivity index (χ0n) is 9.96. The summed E-state index contributed by atoms with van der Waals surface area (Å²) in [6.45, 7) is 0.578. The molecule has 18 heavy (non-hydrogen) atoms. The van der Waals surface area contributed by atoms with E-state index in [4.69, 9.17) is 0 Å². The van der Waals surface area contributed by atoms with Crippen LogP contribution in [0, 0.1) is 5.92 Å². The molecule has 1 N–H and O–H groups in total. The van der Waals surface area contributed by atoms with Crippen molar-refractivity contribution in [2.24, 2.45) is 5.92 Å². The van der Waals surface area contributed by atoms with Crippen molar-refractivity contribution in [2.75, 3.05) is 18.1 Å². The van der Waals surface area contributed by atoms with Gasteiger partial charge < -0.3 is 5.32 Å². The summed E-state index contributed by atoms with van der Waals surface area (Å²) in [5.41, 5.74) is 0. The average molecular weight is 288 g/mol. The van der Waals surface area contributed by atoms with Crippen LogP contribution in [0.1, 0.15) is 17.8 Å². The van der Waals surface area contributed by atoms with Crippen LogP contribution >= 0.6 is 11.3 Å². The zero-order chi connectivity index (χ0) is 13.0. The lowest BCUT2D eigenvalue weighted by molar-refractivity contribution is -0.124. The Kier molecular flexibility index (Phi) is 4.34. The molecule has 0 bridgehead atoms. The van der Waals surface area contributed by atoms with Crippen molar-refractivity contribution in [1.82, 2.24) is 10.3 Å². The summed E-state index contributed by atoms with van der Waals surface area (Å²) >= 11 is 1.60. The van der Waals surface area contributed by atoms with Gasteiger partial charge in [0.25, 0.3) is 0 Å². The Hall–Kier alpha value is -0.950. The first-order chi connectivity index (χ1) is 8.57. The zero-order valence-corrected chi connectivity index (χ0v) is 11.6. The molecule has 0 unspecified atom stereocenters. The van der Waals surface area contributed by atoms with E-state index in [0.717, 1.165) is 17.8 Å². The monoisotopic (exact) mass is 288 g/mol. The lowest BCUT2D eigenvalue weighted by Gasteiger charge is -2.08. The second kappa shape index (κ2) is 5.79. The number of aryl methyl sites for hydroxylation is 1. The third-order valence-electron chi connectivity index (χ3n) is 2.95. The van der Waals surface area contributed by atoms with Gasteiger partial charge in [0.15, 0.2) is 9.84 Å². The molecule has 100 valence electrons. The Morgan fingerprint density at radius 1 is 1.56 bits per heavy atom. The molecule has 1 amide bonds. The van der Waals surface area contributed by atoms with Gasteiger partial charge in [-0.3, -0.25) is 4.79 Å². The van der Waals surface area contributed by atoms with Crippen LogP contribution in [0.4, 0.5) is 0 Å². The number of nitrogens with one attached hydrogen (secondary N) is 1. The van der Waals surface area contributed by atoms with Gasteiger partial charge in [-0.25, -0.2) is 13.4 Å². The van der Waals surface area contributed by atoms with Gasteiger partial charge in [0.1, 0.15) is 0 Å². The molecule has 0 aromatic carbocycles. The molecule has 0 aliphatic carbocycles. The van der Waals surface area contributed by atoms with Gasteiger partial charge >= 0.3 is 0 Å². The van der Waals surface area contributed by atoms with E-state index in [1.165, 1.54) is 0 Å². The maximum absolute atomic E-state index is 11.7. The standard InChI is InChI=1S/C11H16N2O3S2/c14-11(9-3-7-18(15,16)8-9)13-4-1-2-10-12-5-6-17-10/h5-6,9H,1-4,7-8H2,(H,13,14)/t9-/m1/s1. The van der Waals surface area contributed by atoms with E-state index in [1.807, 2.05) is 5.38 Å². The van der Waals surface area contributed by atoms with Crippen molar-refractivity contribution in [1.29, 1.82) is 0 Å². The highest BCUT2D eigenvalue weighted by molar-refractivity contribution is 7.91. The van der Waals surface area contributed by atoms with Crippen molar-refractivity contribution in [3.8, 4) is 0 Å². The van der Waals surface area contributed by atoms with E-state index < -0.39 is 9.84 Å². The number of hydrogen-bond acceptors (Lipinski definition) is 5. The van der Waals surface area contributed by atoms with Crippen LogP contribution in [-0.2, 0) is 21.1 Å². The molecule has 1 aliphatic rings. The Labute approximate surface area is 111 Å². The molecular weight excluding hydrogens is 272 g/mol. The SMILES string of the molecule is O=C(NCCCc1nccs1)[C@@H]1CCS(=O)(=O)C1. The summed E-state index contributed by atoms with van der Waals surface area (Å²) in [4.78, 5) is 15.9. The molecule has 1 aromatic rings. The van der Waals surface area contributed by atoms with E-state index in [2.05, 4.69) is 10.3 Å². The molecule has 1 aromatic heterocycles. The van der Waals surface area contributed by atoms with Crippen LogP contribution < -0.4 is 5.32 Å². The molecule has 0 spiro atoms. The highest BCUT2D eigenvalue weighted by Crippen LogP contribution is 2.18. The number of aromatic nitrogens is 1. The highest BCUT2D eigenvalue weighted by atomic mass is 32.2. The molecule has 5 nitrogen and oxygen atoms in total. The van der Waals surface area contributed by atoms with Gasteiger partial charge in [-0.2, -0.15) is 0 Å². The van der Waals surface area contributed by atoms with Crippen molar-refractivity contribution >= 4 is 27.1 Å². The van der Waals surface area contributed by atoms with Crippen LogP contribution in [-0.4, -0.2) is 37.4 Å². The lowest BCUT2D eigenvalue weighted by atomic mass is 10.1. The lowest BCUT2D eigenvalue weighted by Crippen LogP contribution is -2.32. The van der Waals surface area contributed by atoms with E-state index in [-0.39, 0.29) is 23.3 Å². The molecule has 0 radical (unpaired) electrons. The third kappa shape index (κ3) is 3.78. The number of amides is 1. The fourth-order valence-corrected chi connectivity index (χ4v) is 4.38. The second-order valence-electron chi connectivity index (χ2n) is 4.42. The topological polar surface area (TPSA) is 76.1 Å². The van der Waals surface area contributed by atoms with E-state index in [1.54, 1.807) is 17.5 Å². The number of thiazole rings is 1. The minimum absolute atomic E-state index is 0.00527. The molecule has 2 heterocycles. The Bertz CT molecular complexity index is 496. The molecular formula is C11H16N2O3S2. The molecule has 7 heteroatoms. The molecule has 1 aliphatic heterocycles. The summed E-state index contributed by atoms with van der Waals surface area (Å²) in [7, 11) is -2.98. The van der Waals surface area contributed by atoms with Crippen LogP contribution in [0.2, 0.25) is 0 Å². The molecule has 1 fully saturated rings. The normalized spacial score (nSPS) is 21.9. The van der Waals surface area contributed by atoms with Crippen LogP contribution in [0.25, 0.3) is 0 Å². The molecule has 1 saturated heterocycles. The van der Waals surface area contributed by atoms with Crippen molar-refractivity contribution in [2.45, 2.75) is 19.3 Å². The van der Waals surface area contributed by atoms with Crippen LogP contribution in [0.15, 0.2) is 11.6 Å². The number of carbonyl (C=O) groups is 1. The summed E-state index contributed by atoms with van der Waals surface area (Å²) in [6.07, 6.45) is 3.91. The van der Waals surface area contributed by atoms with E-state index in [9.17, 15) is 13.2 Å². The van der Waals surface area contributed by atoms with Crippen molar-refractivity contribution < 1.29 is 13.2 Å². The molecule has 0 saturated carbocycles. The van der Waals surface area contributed by atoms with Gasteiger partial charge in [-0.1, -0.05) is 0 Å². The Balaban J connectivity index is 1.66. The number of rotatable bonds is 5. The predicted molar refractivity (Wildman–Crippen MR) is 70.2 cm³/mol. The largest absolute Gasteiger partial charge is 0.356 e. The van der Waals surface area contributed by atoms with Gasteiger partial charge in [0.05, 0.1) is 22.4 Å². The van der Waals surface area contributed by atoms with Gasteiger partial charge in [-0.15, -0.1) is 11.3 Å². The third-order valence-corrected chi connectivity index (χ3v) is 5.56. The van der Waals surface area contributed by atoms with Crippen LogP contribution in [0.5, 0.6) is 0 Å². The van der Waals surface area contributed by atoms with Crippen molar-refractivity contribution in [3.63, 3.8) is 0 Å². The average Bonchev–Trinajstić information content (AvgIpc) is 2.93. The van der Waals surface area contributed by atoms with Gasteiger partial charge in [0, 0.05) is 24.5 Å². The summed E-state index contributed by atoms with van der Waals surface area (Å²) in [5.74, 6) is -0.333. The first kappa shape index (κ1) is 13.5. The molecule has 1 atom stereocenters. The summed E-state index contributed by atoms with van der Waals surface area (Å²) in [5, 5.41) is 5.79. The maximum Gasteiger partial charge on any atom is 0.224 e. The van der Waals surface area contributed by atoms with Gasteiger partial charge in [0.2, 0.25) is 5.91 Å². The Morgan fingerprint density at radius 3 is 3.00 bits per heavy atom. The number of nitrogens with zero attached hydrogens (tertiary/aromatic N) is 1. The molecule has 2 rings (SSSR count).